The highest BCUT2D eigenvalue weighted by atomic mass is 31.2. The van der Waals surface area contributed by atoms with Gasteiger partial charge in [-0.3, -0.25) is 4.57 Å². The summed E-state index contributed by atoms with van der Waals surface area (Å²) in [5, 5.41) is 9.86. The summed E-state index contributed by atoms with van der Waals surface area (Å²) in [6.45, 7) is 14.3. The van der Waals surface area contributed by atoms with Crippen molar-refractivity contribution in [1.29, 1.82) is 0 Å². The van der Waals surface area contributed by atoms with E-state index in [-0.39, 0.29) is 46.2 Å². The minimum atomic E-state index is -4.19. The fourth-order valence-electron chi connectivity index (χ4n) is 2.73. The van der Waals surface area contributed by atoms with E-state index < -0.39 is 44.1 Å². The molecule has 0 aliphatic heterocycles. The van der Waals surface area contributed by atoms with Gasteiger partial charge in [0, 0.05) is 12.7 Å². The van der Waals surface area contributed by atoms with Gasteiger partial charge in [0.25, 0.3) is 0 Å². The Kier molecular flexibility index (Phi) is 22.8. The summed E-state index contributed by atoms with van der Waals surface area (Å²) in [6.07, 6.45) is 1.19. The van der Waals surface area contributed by atoms with Gasteiger partial charge in [-0.05, 0) is 18.8 Å². The molecule has 0 heterocycles. The van der Waals surface area contributed by atoms with E-state index in [1.54, 1.807) is 13.0 Å². The Hall–Kier alpha value is -1.18. The number of ether oxygens (including phenoxy) is 7. The molecule has 0 amide bonds. The summed E-state index contributed by atoms with van der Waals surface area (Å²) in [6, 6.07) is 0. The fourth-order valence-corrected chi connectivity index (χ4v) is 3.10. The van der Waals surface area contributed by atoms with Crippen LogP contribution in [0.5, 0.6) is 0 Å². The average molecular weight is 585 g/mol. The average Bonchev–Trinajstić information content (AvgIpc) is 2.89. The van der Waals surface area contributed by atoms with Crippen molar-refractivity contribution in [3.05, 3.63) is 25.3 Å². The Labute approximate surface area is 232 Å². The predicted octanol–water partition coefficient (Wildman–Crippen LogP) is 2.10. The lowest BCUT2D eigenvalue weighted by atomic mass is 10.1. The summed E-state index contributed by atoms with van der Waals surface area (Å²) in [5.41, 5.74) is 0. The molecule has 0 spiro atoms. The van der Waals surface area contributed by atoms with Gasteiger partial charge in [0.2, 0.25) is 0 Å². The number of carbonyl (C=O) groups is 1. The van der Waals surface area contributed by atoms with Gasteiger partial charge in [-0.1, -0.05) is 33.4 Å². The third-order valence-electron chi connectivity index (χ3n) is 5.12. The van der Waals surface area contributed by atoms with Crippen molar-refractivity contribution in [3.63, 3.8) is 0 Å². The van der Waals surface area contributed by atoms with Gasteiger partial charge >= 0.3 is 13.6 Å². The van der Waals surface area contributed by atoms with E-state index in [0.29, 0.717) is 32.2 Å². The highest BCUT2D eigenvalue weighted by Crippen LogP contribution is 2.33. The molecule has 0 saturated carbocycles. The summed E-state index contributed by atoms with van der Waals surface area (Å²) in [5.74, 6) is -0.112. The topological polar surface area (TPSA) is 159 Å². The molecule has 0 bridgehead atoms. The largest absolute Gasteiger partial charge is 0.460 e. The zero-order chi connectivity index (χ0) is 29.5. The maximum absolute atomic E-state index is 11.6. The lowest BCUT2D eigenvalue weighted by Crippen LogP contribution is -2.37. The van der Waals surface area contributed by atoms with E-state index in [0.717, 1.165) is 12.5 Å². The highest BCUT2D eigenvalue weighted by molar-refractivity contribution is 7.51. The standard InChI is InChI=1S/C26H49O12P/c1-6-10-32-15-23(16-33-11-9-21(4)5)36-19-25(20-38-26(28)8-3)37-18-24(35-14-22(27)7-2)17-34-12-13-39(29,30)31/h6,8,21-25,27H,1,3,7,9-20H2,2,4-5H3,(H2,29,30,31). The first-order valence-corrected chi connectivity index (χ1v) is 15.0. The molecule has 0 aliphatic carbocycles. The highest BCUT2D eigenvalue weighted by Gasteiger charge is 2.21. The molecule has 0 aromatic heterocycles. The van der Waals surface area contributed by atoms with E-state index in [2.05, 4.69) is 27.0 Å². The number of carbonyl (C=O) groups excluding carboxylic acids is 1. The van der Waals surface area contributed by atoms with Crippen LogP contribution in [0.1, 0.15) is 33.6 Å². The molecule has 4 unspecified atom stereocenters. The van der Waals surface area contributed by atoms with Crippen LogP contribution in [-0.2, 0) is 42.5 Å². The third kappa shape index (κ3) is 24.3. The molecule has 39 heavy (non-hydrogen) atoms. The first kappa shape index (κ1) is 37.8. The molecule has 4 atom stereocenters. The van der Waals surface area contributed by atoms with E-state index in [1.165, 1.54) is 0 Å². The summed E-state index contributed by atoms with van der Waals surface area (Å²) in [7, 11) is -4.19. The lowest BCUT2D eigenvalue weighted by Gasteiger charge is -2.25. The van der Waals surface area contributed by atoms with Crippen LogP contribution >= 0.6 is 7.60 Å². The minimum absolute atomic E-state index is 0.0193. The Morgan fingerprint density at radius 3 is 1.92 bits per heavy atom. The van der Waals surface area contributed by atoms with Crippen LogP contribution in [0, 0.1) is 5.92 Å². The molecule has 0 aliphatic rings. The molecule has 0 rings (SSSR count). The molecule has 0 aromatic rings. The van der Waals surface area contributed by atoms with Crippen molar-refractivity contribution in [2.75, 3.05) is 72.2 Å². The second-order valence-electron chi connectivity index (χ2n) is 9.31. The number of aliphatic hydroxyl groups excluding tert-OH is 1. The molecule has 230 valence electrons. The van der Waals surface area contributed by atoms with Gasteiger partial charge in [0.1, 0.15) is 24.9 Å². The Morgan fingerprint density at radius 1 is 0.846 bits per heavy atom. The van der Waals surface area contributed by atoms with Crippen molar-refractivity contribution in [2.24, 2.45) is 5.92 Å². The van der Waals surface area contributed by atoms with Gasteiger partial charge in [0.05, 0.1) is 65.1 Å². The third-order valence-corrected chi connectivity index (χ3v) is 5.89. The zero-order valence-electron chi connectivity index (χ0n) is 23.6. The van der Waals surface area contributed by atoms with Crippen LogP contribution in [0.3, 0.4) is 0 Å². The van der Waals surface area contributed by atoms with Gasteiger partial charge in [-0.2, -0.15) is 0 Å². The monoisotopic (exact) mass is 584 g/mol. The first-order chi connectivity index (χ1) is 18.5. The maximum Gasteiger partial charge on any atom is 0.330 e. The van der Waals surface area contributed by atoms with Crippen LogP contribution in [0.4, 0.5) is 0 Å². The molecule has 3 N–H and O–H groups in total. The summed E-state index contributed by atoms with van der Waals surface area (Å²) in [4.78, 5) is 29.7. The van der Waals surface area contributed by atoms with E-state index in [4.69, 9.17) is 42.9 Å². The molecular weight excluding hydrogens is 535 g/mol. The number of hydrogen-bond donors (Lipinski definition) is 3. The quantitative estimate of drug-likeness (QED) is 0.0425. The van der Waals surface area contributed by atoms with E-state index in [9.17, 15) is 14.5 Å². The van der Waals surface area contributed by atoms with E-state index >= 15 is 0 Å². The molecule has 0 saturated heterocycles. The van der Waals surface area contributed by atoms with Crippen LogP contribution in [0.15, 0.2) is 25.3 Å². The van der Waals surface area contributed by atoms with Gasteiger partial charge in [-0.25, -0.2) is 4.79 Å². The summed E-state index contributed by atoms with van der Waals surface area (Å²) >= 11 is 0. The van der Waals surface area contributed by atoms with E-state index in [1.807, 2.05) is 0 Å². The number of rotatable bonds is 27. The minimum Gasteiger partial charge on any atom is -0.460 e. The van der Waals surface area contributed by atoms with Crippen LogP contribution in [0.25, 0.3) is 0 Å². The molecule has 0 radical (unpaired) electrons. The summed E-state index contributed by atoms with van der Waals surface area (Å²) < 4.78 is 50.4. The Balaban J connectivity index is 5.13. The van der Waals surface area contributed by atoms with Crippen molar-refractivity contribution in [2.45, 2.75) is 58.0 Å². The maximum atomic E-state index is 11.6. The predicted molar refractivity (Wildman–Crippen MR) is 146 cm³/mol. The number of esters is 1. The van der Waals surface area contributed by atoms with Crippen molar-refractivity contribution >= 4 is 13.6 Å². The zero-order valence-corrected chi connectivity index (χ0v) is 24.5. The first-order valence-electron chi connectivity index (χ1n) is 13.2. The van der Waals surface area contributed by atoms with Crippen molar-refractivity contribution < 1.29 is 57.4 Å². The fraction of sp³-hybridized carbons (Fsp3) is 0.808. The molecule has 12 nitrogen and oxygen atoms in total. The molecule has 0 aromatic carbocycles. The van der Waals surface area contributed by atoms with Gasteiger partial charge in [-0.15, -0.1) is 6.58 Å². The second-order valence-corrected chi connectivity index (χ2v) is 11.1. The van der Waals surface area contributed by atoms with Crippen molar-refractivity contribution in [1.82, 2.24) is 0 Å². The normalized spacial score (nSPS) is 15.1. The SMILES string of the molecule is C=CCOCC(COCCC(C)C)OCC(COC(=O)C=C)OCC(COCCP(=O)(O)O)OCC(O)CC. The molecule has 13 heteroatoms. The smallest absolute Gasteiger partial charge is 0.330 e. The number of aliphatic hydroxyl groups is 1. The van der Waals surface area contributed by atoms with Crippen LogP contribution in [0.2, 0.25) is 0 Å². The lowest BCUT2D eigenvalue weighted by molar-refractivity contribution is -0.153. The van der Waals surface area contributed by atoms with Gasteiger partial charge < -0.3 is 48.1 Å². The van der Waals surface area contributed by atoms with Crippen molar-refractivity contribution in [3.8, 4) is 0 Å². The Morgan fingerprint density at radius 2 is 1.38 bits per heavy atom. The molecular formula is C26H49O12P. The van der Waals surface area contributed by atoms with Crippen LogP contribution < -0.4 is 0 Å². The molecule has 0 fully saturated rings. The number of hydrogen-bond acceptors (Lipinski definition) is 10. The second kappa shape index (κ2) is 23.5. The van der Waals surface area contributed by atoms with Crippen LogP contribution in [-0.4, -0.2) is 118 Å². The Bertz CT molecular complexity index is 684. The van der Waals surface area contributed by atoms with Gasteiger partial charge in [0.15, 0.2) is 0 Å².